The van der Waals surface area contributed by atoms with E-state index in [1.54, 1.807) is 23.1 Å². The van der Waals surface area contributed by atoms with Crippen molar-refractivity contribution in [2.45, 2.75) is 26.3 Å². The minimum atomic E-state index is -0.975. The van der Waals surface area contributed by atoms with Crippen LogP contribution in [0.5, 0.6) is 17.2 Å². The smallest absolute Gasteiger partial charge is 0.323 e. The maximum atomic E-state index is 15.1. The molecule has 2 aromatic carbocycles. The van der Waals surface area contributed by atoms with Crippen molar-refractivity contribution >= 4 is 23.3 Å². The molecule has 186 valence electrons. The van der Waals surface area contributed by atoms with Crippen molar-refractivity contribution in [3.63, 3.8) is 0 Å². The van der Waals surface area contributed by atoms with Crippen LogP contribution in [0.15, 0.2) is 18.2 Å². The number of benzene rings is 2. The number of anilines is 1. The molecule has 2 heterocycles. The first-order valence-electron chi connectivity index (χ1n) is 11.2. The van der Waals surface area contributed by atoms with Crippen molar-refractivity contribution in [1.82, 2.24) is 4.90 Å². The molecule has 2 aliphatic heterocycles. The quantitative estimate of drug-likeness (QED) is 0.548. The number of carbonyl (C=O) groups excluding carboxylic acids is 1. The number of hydrogen-bond acceptors (Lipinski definition) is 7. The molecule has 10 heteroatoms. The molecule has 0 saturated carbocycles. The summed E-state index contributed by atoms with van der Waals surface area (Å²) < 4.78 is 31.2. The number of fused-ring (bicyclic) bond motifs is 2. The number of ketones is 1. The van der Waals surface area contributed by atoms with E-state index in [4.69, 9.17) is 19.6 Å². The number of rotatable bonds is 8. The van der Waals surface area contributed by atoms with E-state index in [2.05, 4.69) is 0 Å². The molecule has 0 radical (unpaired) electrons. The third kappa shape index (κ3) is 4.36. The lowest BCUT2D eigenvalue weighted by atomic mass is 9.95. The lowest BCUT2D eigenvalue weighted by Gasteiger charge is -2.32. The van der Waals surface area contributed by atoms with E-state index in [0.717, 1.165) is 5.56 Å². The molecule has 0 bridgehead atoms. The Kier molecular flexibility index (Phi) is 6.56. The van der Waals surface area contributed by atoms with Gasteiger partial charge in [0, 0.05) is 12.1 Å². The molecular weight excluding hydrogens is 457 g/mol. The number of nitrogens with one attached hydrogen (secondary N) is 1. The third-order valence-corrected chi connectivity index (χ3v) is 6.26. The van der Waals surface area contributed by atoms with Gasteiger partial charge in [-0.15, -0.1) is 0 Å². The first kappa shape index (κ1) is 24.3. The Hall–Kier alpha value is -3.82. The van der Waals surface area contributed by atoms with Crippen LogP contribution in [0.1, 0.15) is 46.8 Å². The van der Waals surface area contributed by atoms with Gasteiger partial charge in [0.2, 0.25) is 0 Å². The molecule has 0 aromatic heterocycles. The number of amidine groups is 1. The van der Waals surface area contributed by atoms with Gasteiger partial charge in [0.1, 0.15) is 24.7 Å². The monoisotopic (exact) mass is 485 g/mol. The first-order valence-corrected chi connectivity index (χ1v) is 11.2. The van der Waals surface area contributed by atoms with E-state index in [1.807, 2.05) is 13.8 Å². The molecule has 0 saturated heterocycles. The van der Waals surface area contributed by atoms with Gasteiger partial charge >= 0.3 is 5.97 Å². The van der Waals surface area contributed by atoms with Gasteiger partial charge in [-0.2, -0.15) is 0 Å². The van der Waals surface area contributed by atoms with Crippen LogP contribution >= 0.6 is 0 Å². The summed E-state index contributed by atoms with van der Waals surface area (Å²) in [5, 5.41) is 17.8. The maximum absolute atomic E-state index is 15.1. The second-order valence-corrected chi connectivity index (χ2v) is 8.82. The van der Waals surface area contributed by atoms with E-state index in [-0.39, 0.29) is 54.2 Å². The van der Waals surface area contributed by atoms with Gasteiger partial charge < -0.3 is 29.1 Å². The number of carboxylic acids is 1. The predicted molar refractivity (Wildman–Crippen MR) is 127 cm³/mol. The number of Topliss-reactive ketones (excluding diaryl/α,β-unsaturated/α-hetero) is 1. The average Bonchev–Trinajstić information content (AvgIpc) is 3.12. The van der Waals surface area contributed by atoms with Crippen molar-refractivity contribution in [1.29, 1.82) is 5.41 Å². The summed E-state index contributed by atoms with van der Waals surface area (Å²) in [5.74, 6) is -1.29. The number of carboxylic acid groups (broad SMARTS) is 1. The highest BCUT2D eigenvalue weighted by molar-refractivity contribution is 6.06. The minimum absolute atomic E-state index is 0.0321. The van der Waals surface area contributed by atoms with Gasteiger partial charge in [0.15, 0.2) is 23.1 Å². The average molecular weight is 486 g/mol. The highest BCUT2D eigenvalue weighted by Gasteiger charge is 2.33. The molecule has 0 unspecified atom stereocenters. The lowest BCUT2D eigenvalue weighted by Crippen LogP contribution is -2.37. The molecule has 2 aliphatic rings. The van der Waals surface area contributed by atoms with E-state index >= 15 is 4.39 Å². The molecular formula is C25H28FN3O6. The molecule has 35 heavy (non-hydrogen) atoms. The van der Waals surface area contributed by atoms with Crippen molar-refractivity contribution in [2.75, 3.05) is 45.4 Å². The van der Waals surface area contributed by atoms with Crippen LogP contribution in [-0.4, -0.2) is 68.1 Å². The minimum Gasteiger partial charge on any atom is -0.493 e. The fourth-order valence-corrected chi connectivity index (χ4v) is 4.55. The van der Waals surface area contributed by atoms with Crippen molar-refractivity contribution in [2.24, 2.45) is 0 Å². The number of halogens is 1. The summed E-state index contributed by atoms with van der Waals surface area (Å²) in [6.07, 6.45) is 0. The second kappa shape index (κ2) is 9.44. The van der Waals surface area contributed by atoms with Crippen LogP contribution in [0.2, 0.25) is 0 Å². The molecule has 9 nitrogen and oxygen atoms in total. The second-order valence-electron chi connectivity index (χ2n) is 8.82. The van der Waals surface area contributed by atoms with Crippen molar-refractivity contribution in [3.8, 4) is 17.2 Å². The van der Waals surface area contributed by atoms with Gasteiger partial charge in [-0.3, -0.25) is 15.0 Å². The van der Waals surface area contributed by atoms with Crippen molar-refractivity contribution in [3.05, 3.63) is 46.3 Å². The summed E-state index contributed by atoms with van der Waals surface area (Å²) in [7, 11) is 2.73. The zero-order valence-electron chi connectivity index (χ0n) is 20.1. The predicted octanol–water partition coefficient (Wildman–Crippen LogP) is 3.27. The van der Waals surface area contributed by atoms with Gasteiger partial charge in [0.25, 0.3) is 0 Å². The Morgan fingerprint density at radius 2 is 1.91 bits per heavy atom. The molecule has 4 rings (SSSR count). The summed E-state index contributed by atoms with van der Waals surface area (Å²) in [6.45, 7) is 4.51. The van der Waals surface area contributed by atoms with Crippen molar-refractivity contribution < 1.29 is 33.3 Å². The zero-order valence-corrected chi connectivity index (χ0v) is 20.1. The summed E-state index contributed by atoms with van der Waals surface area (Å²) >= 11 is 0. The number of hydrogen-bond donors (Lipinski definition) is 2. The zero-order chi connectivity index (χ0) is 25.4. The van der Waals surface area contributed by atoms with Crippen LogP contribution in [0.25, 0.3) is 0 Å². The summed E-state index contributed by atoms with van der Waals surface area (Å²) in [6, 6.07) is 5.02. The standard InChI is InChI=1S/C25H28FN3O6/c1-13(2)16-7-14(8-17-23(16)35-6-5-28(17)12-20(31)32)18(30)11-29-10-15-9-19(33-3)24(34-4)22(26)21(15)25(29)27/h7-9,13,27H,5-6,10-12H2,1-4H3,(H,31,32). The molecule has 2 N–H and O–H groups in total. The maximum Gasteiger partial charge on any atom is 0.323 e. The van der Waals surface area contributed by atoms with E-state index in [9.17, 15) is 14.7 Å². The van der Waals surface area contributed by atoms with Gasteiger partial charge in [-0.25, -0.2) is 4.39 Å². The lowest BCUT2D eigenvalue weighted by molar-refractivity contribution is -0.135. The fraction of sp³-hybridized carbons (Fsp3) is 0.400. The number of nitrogens with zero attached hydrogens (tertiary/aromatic N) is 2. The van der Waals surface area contributed by atoms with E-state index in [1.165, 1.54) is 19.1 Å². The number of methoxy groups -OCH3 is 2. The van der Waals surface area contributed by atoms with Crippen LogP contribution in [0.3, 0.4) is 0 Å². The number of ether oxygens (including phenoxy) is 3. The molecule has 0 aliphatic carbocycles. The Balaban J connectivity index is 1.65. The van der Waals surface area contributed by atoms with Crippen LogP contribution in [0, 0.1) is 11.2 Å². The van der Waals surface area contributed by atoms with Gasteiger partial charge in [-0.1, -0.05) is 13.8 Å². The van der Waals surface area contributed by atoms with Gasteiger partial charge in [-0.05, 0) is 35.2 Å². The highest BCUT2D eigenvalue weighted by atomic mass is 19.1. The first-order chi connectivity index (χ1) is 16.7. The molecule has 0 fully saturated rings. The summed E-state index contributed by atoms with van der Waals surface area (Å²) in [4.78, 5) is 27.9. The van der Waals surface area contributed by atoms with E-state index in [0.29, 0.717) is 35.7 Å². The molecule has 0 amide bonds. The van der Waals surface area contributed by atoms with Crippen LogP contribution in [-0.2, 0) is 11.3 Å². The Bertz CT molecular complexity index is 1210. The highest BCUT2D eigenvalue weighted by Crippen LogP contribution is 2.41. The normalized spacial score (nSPS) is 14.5. The molecule has 0 atom stereocenters. The Morgan fingerprint density at radius 3 is 2.54 bits per heavy atom. The SMILES string of the molecule is COc1cc2c(c(F)c1OC)C(=N)N(CC(=O)c1cc(C(C)C)c3c(c1)N(CC(=O)O)CCO3)C2. The topological polar surface area (TPSA) is 112 Å². The van der Waals surface area contributed by atoms with Gasteiger partial charge in [0.05, 0.1) is 38.6 Å². The van der Waals surface area contributed by atoms with E-state index < -0.39 is 11.8 Å². The largest absolute Gasteiger partial charge is 0.493 e. The number of carbonyl (C=O) groups is 2. The van der Waals surface area contributed by atoms with Crippen LogP contribution < -0.4 is 19.1 Å². The Morgan fingerprint density at radius 1 is 1.17 bits per heavy atom. The third-order valence-electron chi connectivity index (χ3n) is 6.26. The molecule has 0 spiro atoms. The van der Waals surface area contributed by atoms with Crippen LogP contribution in [0.4, 0.5) is 10.1 Å². The number of aliphatic carboxylic acids is 1. The summed E-state index contributed by atoms with van der Waals surface area (Å²) in [5.41, 5.74) is 2.37. The Labute approximate surface area is 202 Å². The molecule has 2 aromatic rings. The fourth-order valence-electron chi connectivity index (χ4n) is 4.55.